The molecule has 88 valence electrons. The highest BCUT2D eigenvalue weighted by Gasteiger charge is 2.21. The van der Waals surface area contributed by atoms with Crippen molar-refractivity contribution in [3.63, 3.8) is 0 Å². The molecule has 0 unspecified atom stereocenters. The van der Waals surface area contributed by atoms with Gasteiger partial charge in [-0.25, -0.2) is 0 Å². The standard InChI is InChI=1S/C11H18N4O/c1-3-7(2)13-11(16)10-8-6-12-5-4-9(8)14-15-10/h7,12H,3-6H2,1-2H3,(H,13,16)(H,14,15)/t7-/m0/s1. The zero-order valence-corrected chi connectivity index (χ0v) is 9.76. The number of aromatic amines is 1. The molecule has 0 aliphatic carbocycles. The molecule has 2 rings (SSSR count). The SMILES string of the molecule is CC[C@H](C)NC(=O)c1n[nH]c2c1CNCC2. The fraction of sp³-hybridized carbons (Fsp3) is 0.636. The first kappa shape index (κ1) is 11.1. The lowest BCUT2D eigenvalue weighted by atomic mass is 10.1. The first-order valence-corrected chi connectivity index (χ1v) is 5.80. The van der Waals surface area contributed by atoms with Crippen LogP contribution in [0.5, 0.6) is 0 Å². The van der Waals surface area contributed by atoms with E-state index in [0.29, 0.717) is 5.69 Å². The number of hydrogen-bond acceptors (Lipinski definition) is 3. The van der Waals surface area contributed by atoms with Gasteiger partial charge in [0.25, 0.3) is 5.91 Å². The molecule has 0 spiro atoms. The Balaban J connectivity index is 2.14. The van der Waals surface area contributed by atoms with Gasteiger partial charge in [-0.05, 0) is 13.3 Å². The van der Waals surface area contributed by atoms with Crippen molar-refractivity contribution in [3.05, 3.63) is 17.0 Å². The first-order chi connectivity index (χ1) is 7.72. The highest BCUT2D eigenvalue weighted by atomic mass is 16.2. The zero-order valence-electron chi connectivity index (χ0n) is 9.76. The lowest BCUT2D eigenvalue weighted by molar-refractivity contribution is 0.0933. The molecule has 1 amide bonds. The van der Waals surface area contributed by atoms with E-state index in [2.05, 4.69) is 20.8 Å². The summed E-state index contributed by atoms with van der Waals surface area (Å²) < 4.78 is 0. The summed E-state index contributed by atoms with van der Waals surface area (Å²) in [5.41, 5.74) is 2.66. The molecule has 5 nitrogen and oxygen atoms in total. The van der Waals surface area contributed by atoms with Crippen molar-refractivity contribution >= 4 is 5.91 Å². The van der Waals surface area contributed by atoms with E-state index in [0.717, 1.165) is 37.2 Å². The van der Waals surface area contributed by atoms with Crippen molar-refractivity contribution in [1.82, 2.24) is 20.8 Å². The average Bonchev–Trinajstić information content (AvgIpc) is 2.72. The van der Waals surface area contributed by atoms with Gasteiger partial charge in [-0.2, -0.15) is 5.10 Å². The largest absolute Gasteiger partial charge is 0.348 e. The van der Waals surface area contributed by atoms with Crippen molar-refractivity contribution in [2.24, 2.45) is 0 Å². The molecular formula is C11H18N4O. The zero-order chi connectivity index (χ0) is 11.5. The van der Waals surface area contributed by atoms with Crippen molar-refractivity contribution < 1.29 is 4.79 Å². The number of nitrogens with one attached hydrogen (secondary N) is 3. The van der Waals surface area contributed by atoms with Crippen LogP contribution >= 0.6 is 0 Å². The number of aromatic nitrogens is 2. The van der Waals surface area contributed by atoms with Crippen LogP contribution in [0.2, 0.25) is 0 Å². The predicted octanol–water partition coefficient (Wildman–Crippen LogP) is 0.584. The molecule has 5 heteroatoms. The lowest BCUT2D eigenvalue weighted by Gasteiger charge is -2.14. The highest BCUT2D eigenvalue weighted by Crippen LogP contribution is 2.15. The minimum absolute atomic E-state index is 0.0736. The molecule has 0 radical (unpaired) electrons. The maximum absolute atomic E-state index is 11.9. The van der Waals surface area contributed by atoms with Crippen LogP contribution < -0.4 is 10.6 Å². The second-order valence-electron chi connectivity index (χ2n) is 4.24. The van der Waals surface area contributed by atoms with Gasteiger partial charge in [-0.15, -0.1) is 0 Å². The van der Waals surface area contributed by atoms with E-state index in [4.69, 9.17) is 0 Å². The van der Waals surface area contributed by atoms with E-state index < -0.39 is 0 Å². The molecule has 1 atom stereocenters. The van der Waals surface area contributed by atoms with Gasteiger partial charge in [0.2, 0.25) is 0 Å². The molecule has 1 aromatic rings. The van der Waals surface area contributed by atoms with Crippen LogP contribution in [-0.4, -0.2) is 28.7 Å². The molecule has 2 heterocycles. The highest BCUT2D eigenvalue weighted by molar-refractivity contribution is 5.94. The van der Waals surface area contributed by atoms with E-state index in [1.165, 1.54) is 0 Å². The predicted molar refractivity (Wildman–Crippen MR) is 61.2 cm³/mol. The monoisotopic (exact) mass is 222 g/mol. The Morgan fingerprint density at radius 1 is 1.62 bits per heavy atom. The molecule has 0 bridgehead atoms. The Labute approximate surface area is 95.0 Å². The smallest absolute Gasteiger partial charge is 0.272 e. The van der Waals surface area contributed by atoms with E-state index in [-0.39, 0.29) is 11.9 Å². The fourth-order valence-corrected chi connectivity index (χ4v) is 1.81. The van der Waals surface area contributed by atoms with Gasteiger partial charge in [-0.3, -0.25) is 9.89 Å². The van der Waals surface area contributed by atoms with E-state index in [9.17, 15) is 4.79 Å². The van der Waals surface area contributed by atoms with Gasteiger partial charge >= 0.3 is 0 Å². The number of hydrogen-bond donors (Lipinski definition) is 3. The Morgan fingerprint density at radius 3 is 3.19 bits per heavy atom. The summed E-state index contributed by atoms with van der Waals surface area (Å²) >= 11 is 0. The average molecular weight is 222 g/mol. The Kier molecular flexibility index (Phi) is 3.24. The minimum Gasteiger partial charge on any atom is -0.348 e. The third-order valence-corrected chi connectivity index (χ3v) is 3.01. The Hall–Kier alpha value is -1.36. The summed E-state index contributed by atoms with van der Waals surface area (Å²) in [6.07, 6.45) is 1.84. The molecule has 0 fully saturated rings. The Morgan fingerprint density at radius 2 is 2.44 bits per heavy atom. The number of rotatable bonds is 3. The second kappa shape index (κ2) is 4.65. The molecule has 1 aliphatic heterocycles. The normalized spacial score (nSPS) is 16.6. The number of H-pyrrole nitrogens is 1. The number of amides is 1. The summed E-state index contributed by atoms with van der Waals surface area (Å²) in [5, 5.41) is 13.2. The van der Waals surface area contributed by atoms with Gasteiger partial charge in [-0.1, -0.05) is 6.92 Å². The number of nitrogens with zero attached hydrogens (tertiary/aromatic N) is 1. The first-order valence-electron chi connectivity index (χ1n) is 5.80. The molecule has 1 aromatic heterocycles. The molecular weight excluding hydrogens is 204 g/mol. The van der Waals surface area contributed by atoms with Crippen LogP contribution in [-0.2, 0) is 13.0 Å². The third kappa shape index (κ3) is 2.09. The van der Waals surface area contributed by atoms with Gasteiger partial charge in [0.15, 0.2) is 5.69 Å². The maximum Gasteiger partial charge on any atom is 0.272 e. The quantitative estimate of drug-likeness (QED) is 0.701. The number of carbonyl (C=O) groups is 1. The molecule has 0 saturated heterocycles. The topological polar surface area (TPSA) is 69.8 Å². The van der Waals surface area contributed by atoms with Crippen molar-refractivity contribution in [2.45, 2.75) is 39.3 Å². The van der Waals surface area contributed by atoms with Gasteiger partial charge < -0.3 is 10.6 Å². The van der Waals surface area contributed by atoms with E-state index in [1.54, 1.807) is 0 Å². The molecule has 16 heavy (non-hydrogen) atoms. The van der Waals surface area contributed by atoms with Crippen molar-refractivity contribution in [2.75, 3.05) is 6.54 Å². The van der Waals surface area contributed by atoms with E-state index >= 15 is 0 Å². The van der Waals surface area contributed by atoms with Crippen molar-refractivity contribution in [1.29, 1.82) is 0 Å². The summed E-state index contributed by atoms with van der Waals surface area (Å²) in [6, 6.07) is 0.191. The van der Waals surface area contributed by atoms with Crippen LogP contribution in [0.1, 0.15) is 42.0 Å². The molecule has 0 saturated carbocycles. The Bertz CT molecular complexity index is 385. The third-order valence-electron chi connectivity index (χ3n) is 3.01. The summed E-state index contributed by atoms with van der Waals surface area (Å²) in [4.78, 5) is 11.9. The van der Waals surface area contributed by atoms with Gasteiger partial charge in [0.1, 0.15) is 0 Å². The second-order valence-corrected chi connectivity index (χ2v) is 4.24. The van der Waals surface area contributed by atoms with Crippen LogP contribution in [0.3, 0.4) is 0 Å². The minimum atomic E-state index is -0.0736. The fourth-order valence-electron chi connectivity index (χ4n) is 1.81. The van der Waals surface area contributed by atoms with Crippen LogP contribution in [0.25, 0.3) is 0 Å². The van der Waals surface area contributed by atoms with Crippen LogP contribution in [0.15, 0.2) is 0 Å². The number of carbonyl (C=O) groups excluding carboxylic acids is 1. The summed E-state index contributed by atoms with van der Waals surface area (Å²) in [5.74, 6) is -0.0736. The van der Waals surface area contributed by atoms with Crippen LogP contribution in [0, 0.1) is 0 Å². The maximum atomic E-state index is 11.9. The summed E-state index contributed by atoms with van der Waals surface area (Å²) in [6.45, 7) is 5.72. The van der Waals surface area contributed by atoms with Gasteiger partial charge in [0.05, 0.1) is 0 Å². The summed E-state index contributed by atoms with van der Waals surface area (Å²) in [7, 11) is 0. The molecule has 1 aliphatic rings. The number of fused-ring (bicyclic) bond motifs is 1. The van der Waals surface area contributed by atoms with E-state index in [1.807, 2.05) is 13.8 Å². The van der Waals surface area contributed by atoms with Crippen LogP contribution in [0.4, 0.5) is 0 Å². The molecule has 0 aromatic carbocycles. The molecule has 3 N–H and O–H groups in total. The lowest BCUT2D eigenvalue weighted by Crippen LogP contribution is -2.33. The van der Waals surface area contributed by atoms with Gasteiger partial charge in [0, 0.05) is 36.8 Å². The van der Waals surface area contributed by atoms with Crippen molar-refractivity contribution in [3.8, 4) is 0 Å².